The highest BCUT2D eigenvalue weighted by Gasteiger charge is 2.19. The summed E-state index contributed by atoms with van der Waals surface area (Å²) in [7, 11) is 0. The molecule has 0 aliphatic rings. The smallest absolute Gasteiger partial charge is 0.305 e. The Kier molecular flexibility index (Phi) is 3.36. The zero-order valence-electron chi connectivity index (χ0n) is 7.64. The van der Waals surface area contributed by atoms with E-state index in [4.69, 9.17) is 5.11 Å². The summed E-state index contributed by atoms with van der Waals surface area (Å²) >= 11 is 0. The molecular formula is C10H10O4. The van der Waals surface area contributed by atoms with Crippen molar-refractivity contribution in [1.29, 1.82) is 0 Å². The number of ketones is 1. The lowest BCUT2D eigenvalue weighted by Crippen LogP contribution is -2.25. The number of rotatable bonds is 3. The summed E-state index contributed by atoms with van der Waals surface area (Å²) in [4.78, 5) is 21.8. The molecule has 0 bridgehead atoms. The third-order valence-electron chi connectivity index (χ3n) is 1.56. The minimum absolute atomic E-state index is 0.307. The molecular weight excluding hydrogens is 184 g/mol. The molecule has 0 saturated carbocycles. The van der Waals surface area contributed by atoms with E-state index in [1.54, 1.807) is 18.2 Å². The molecule has 0 heterocycles. The summed E-state index contributed by atoms with van der Waals surface area (Å²) in [5.74, 6) is -1.32. The quantitative estimate of drug-likeness (QED) is 0.438. The maximum Gasteiger partial charge on any atom is 0.305 e. The van der Waals surface area contributed by atoms with E-state index < -0.39 is 18.0 Å². The fourth-order valence-corrected chi connectivity index (χ4v) is 0.956. The maximum atomic E-state index is 11.4. The van der Waals surface area contributed by atoms with Crippen molar-refractivity contribution >= 4 is 11.8 Å². The summed E-state index contributed by atoms with van der Waals surface area (Å²) in [5.41, 5.74) is 0.307. The Morgan fingerprint density at radius 3 is 2.36 bits per heavy atom. The van der Waals surface area contributed by atoms with Crippen LogP contribution in [0.3, 0.4) is 0 Å². The lowest BCUT2D eigenvalue weighted by Gasteiger charge is -2.08. The third kappa shape index (κ3) is 2.67. The fourth-order valence-electron chi connectivity index (χ4n) is 0.956. The van der Waals surface area contributed by atoms with E-state index in [0.717, 1.165) is 6.92 Å². The van der Waals surface area contributed by atoms with Gasteiger partial charge in [-0.05, 0) is 0 Å². The number of esters is 1. The van der Waals surface area contributed by atoms with E-state index in [1.165, 1.54) is 12.1 Å². The highest BCUT2D eigenvalue weighted by atomic mass is 16.6. The maximum absolute atomic E-state index is 11.4. The van der Waals surface area contributed by atoms with Crippen molar-refractivity contribution in [2.75, 3.05) is 0 Å². The van der Waals surface area contributed by atoms with Gasteiger partial charge in [-0.15, -0.1) is 0 Å². The predicted octanol–water partition coefficient (Wildman–Crippen LogP) is 0.751. The average Bonchev–Trinajstić information content (AvgIpc) is 2.17. The van der Waals surface area contributed by atoms with Gasteiger partial charge in [-0.25, -0.2) is 0 Å². The van der Waals surface area contributed by atoms with Crippen LogP contribution in [0, 0.1) is 0 Å². The lowest BCUT2D eigenvalue weighted by molar-refractivity contribution is -0.157. The first kappa shape index (κ1) is 10.4. The van der Waals surface area contributed by atoms with Gasteiger partial charge in [0, 0.05) is 12.5 Å². The molecule has 1 rings (SSSR count). The molecule has 0 aliphatic carbocycles. The van der Waals surface area contributed by atoms with Gasteiger partial charge >= 0.3 is 5.97 Å². The Hall–Kier alpha value is -1.68. The Morgan fingerprint density at radius 2 is 1.86 bits per heavy atom. The second-order valence-corrected chi connectivity index (χ2v) is 2.69. The van der Waals surface area contributed by atoms with Gasteiger partial charge in [0.05, 0.1) is 0 Å². The van der Waals surface area contributed by atoms with Gasteiger partial charge in [0.2, 0.25) is 5.78 Å². The fraction of sp³-hybridized carbons (Fsp3) is 0.200. The zero-order valence-corrected chi connectivity index (χ0v) is 7.64. The van der Waals surface area contributed by atoms with Gasteiger partial charge in [-0.1, -0.05) is 30.3 Å². The van der Waals surface area contributed by atoms with Crippen LogP contribution >= 0.6 is 0 Å². The second kappa shape index (κ2) is 4.53. The average molecular weight is 194 g/mol. The topological polar surface area (TPSA) is 63.6 Å². The summed E-state index contributed by atoms with van der Waals surface area (Å²) in [6, 6.07) is 8.14. The van der Waals surface area contributed by atoms with Crippen LogP contribution in [0.25, 0.3) is 0 Å². The second-order valence-electron chi connectivity index (χ2n) is 2.69. The molecule has 4 nitrogen and oxygen atoms in total. The van der Waals surface area contributed by atoms with Gasteiger partial charge < -0.3 is 9.84 Å². The van der Waals surface area contributed by atoms with Crippen molar-refractivity contribution < 1.29 is 19.4 Å². The highest BCUT2D eigenvalue weighted by Crippen LogP contribution is 2.04. The minimum Gasteiger partial charge on any atom is -0.428 e. The molecule has 1 atom stereocenters. The van der Waals surface area contributed by atoms with Gasteiger partial charge in [0.25, 0.3) is 6.29 Å². The molecule has 74 valence electrons. The molecule has 0 spiro atoms. The zero-order chi connectivity index (χ0) is 10.6. The van der Waals surface area contributed by atoms with Crippen molar-refractivity contribution in [3.63, 3.8) is 0 Å². The number of hydrogen-bond acceptors (Lipinski definition) is 4. The minimum atomic E-state index is -1.71. The Bertz CT molecular complexity index is 331. The van der Waals surface area contributed by atoms with E-state index >= 15 is 0 Å². The monoisotopic (exact) mass is 194 g/mol. The summed E-state index contributed by atoms with van der Waals surface area (Å²) in [5, 5.41) is 9.15. The van der Waals surface area contributed by atoms with Crippen LogP contribution in [0.4, 0.5) is 0 Å². The van der Waals surface area contributed by atoms with E-state index in [-0.39, 0.29) is 0 Å². The van der Waals surface area contributed by atoms with Crippen LogP contribution in [0.1, 0.15) is 17.3 Å². The molecule has 4 heteroatoms. The summed E-state index contributed by atoms with van der Waals surface area (Å²) < 4.78 is 4.33. The molecule has 1 N–H and O–H groups in total. The van der Waals surface area contributed by atoms with Gasteiger partial charge in [0.1, 0.15) is 0 Å². The third-order valence-corrected chi connectivity index (χ3v) is 1.56. The number of carbonyl (C=O) groups excluding carboxylic acids is 2. The van der Waals surface area contributed by atoms with Crippen LogP contribution in [0.5, 0.6) is 0 Å². The van der Waals surface area contributed by atoms with Crippen LogP contribution in [-0.4, -0.2) is 23.1 Å². The molecule has 1 aromatic carbocycles. The van der Waals surface area contributed by atoms with E-state index in [2.05, 4.69) is 4.74 Å². The van der Waals surface area contributed by atoms with Gasteiger partial charge in [-0.3, -0.25) is 9.59 Å². The molecule has 14 heavy (non-hydrogen) atoms. The first-order valence-electron chi connectivity index (χ1n) is 4.06. The highest BCUT2D eigenvalue weighted by molar-refractivity contribution is 5.99. The molecule has 0 fully saturated rings. The van der Waals surface area contributed by atoms with E-state index in [9.17, 15) is 9.59 Å². The molecule has 0 amide bonds. The predicted molar refractivity (Wildman–Crippen MR) is 48.5 cm³/mol. The van der Waals surface area contributed by atoms with Crippen LogP contribution in [0.2, 0.25) is 0 Å². The molecule has 0 radical (unpaired) electrons. The van der Waals surface area contributed by atoms with Crippen LogP contribution in [0.15, 0.2) is 30.3 Å². The first-order chi connectivity index (χ1) is 6.61. The normalized spacial score (nSPS) is 11.9. The number of Topliss-reactive ketones (excluding diaryl/α,β-unsaturated/α-hetero) is 1. The number of carbonyl (C=O) groups is 2. The largest absolute Gasteiger partial charge is 0.428 e. The van der Waals surface area contributed by atoms with E-state index in [0.29, 0.717) is 5.56 Å². The molecule has 0 saturated heterocycles. The summed E-state index contributed by atoms with van der Waals surface area (Å²) in [6.45, 7) is 1.13. The number of aliphatic hydroxyl groups is 1. The number of aliphatic hydroxyl groups excluding tert-OH is 1. The van der Waals surface area contributed by atoms with Crippen molar-refractivity contribution in [3.05, 3.63) is 35.9 Å². The van der Waals surface area contributed by atoms with E-state index in [1.807, 2.05) is 0 Å². The van der Waals surface area contributed by atoms with Crippen molar-refractivity contribution in [2.45, 2.75) is 13.2 Å². The van der Waals surface area contributed by atoms with Crippen LogP contribution < -0.4 is 0 Å². The van der Waals surface area contributed by atoms with Crippen LogP contribution in [-0.2, 0) is 9.53 Å². The van der Waals surface area contributed by atoms with Crippen molar-refractivity contribution in [2.24, 2.45) is 0 Å². The van der Waals surface area contributed by atoms with Crippen molar-refractivity contribution in [3.8, 4) is 0 Å². The van der Waals surface area contributed by atoms with Crippen molar-refractivity contribution in [1.82, 2.24) is 0 Å². The molecule has 0 aromatic heterocycles. The molecule has 1 aromatic rings. The Morgan fingerprint density at radius 1 is 1.29 bits per heavy atom. The number of hydrogen-bond donors (Lipinski definition) is 1. The lowest BCUT2D eigenvalue weighted by atomic mass is 10.1. The standard InChI is InChI=1S/C10H10O4/c1-7(11)14-10(13)9(12)8-5-3-2-4-6-8/h2-6,10,13H,1H3. The number of benzene rings is 1. The molecule has 1 unspecified atom stereocenters. The summed E-state index contributed by atoms with van der Waals surface area (Å²) in [6.07, 6.45) is -1.71. The SMILES string of the molecule is CC(=O)OC(O)C(=O)c1ccccc1. The Balaban J connectivity index is 2.71. The Labute approximate surface area is 81.1 Å². The number of ether oxygens (including phenoxy) is 1. The first-order valence-corrected chi connectivity index (χ1v) is 4.06. The molecule has 0 aliphatic heterocycles. The van der Waals surface area contributed by atoms with Gasteiger partial charge in [0.15, 0.2) is 0 Å². The van der Waals surface area contributed by atoms with Gasteiger partial charge in [-0.2, -0.15) is 0 Å².